The Bertz CT molecular complexity index is 783. The van der Waals surface area contributed by atoms with E-state index in [0.29, 0.717) is 50.4 Å². The van der Waals surface area contributed by atoms with Crippen LogP contribution in [0.4, 0.5) is 10.5 Å². The van der Waals surface area contributed by atoms with Crippen LogP contribution in [0, 0.1) is 5.41 Å². The number of para-hydroxylation sites is 2. The fourth-order valence-corrected chi connectivity index (χ4v) is 4.95. The maximum atomic E-state index is 12.9. The summed E-state index contributed by atoms with van der Waals surface area (Å²) < 4.78 is 5.31. The molecule has 2 heterocycles. The molecule has 0 radical (unpaired) electrons. The molecule has 170 valence electrons. The third kappa shape index (κ3) is 5.64. The number of carbonyl (C=O) groups excluding carboxylic acids is 3. The van der Waals surface area contributed by atoms with Gasteiger partial charge in [-0.2, -0.15) is 11.8 Å². The Balaban J connectivity index is 1.53. The summed E-state index contributed by atoms with van der Waals surface area (Å²) in [6, 6.07) is 6.78. The van der Waals surface area contributed by atoms with Crippen LogP contribution in [-0.4, -0.2) is 79.5 Å². The van der Waals surface area contributed by atoms with Crippen LogP contribution in [-0.2, 0) is 9.59 Å². The molecule has 0 saturated carbocycles. The van der Waals surface area contributed by atoms with Crippen LogP contribution >= 0.6 is 11.8 Å². The predicted molar refractivity (Wildman–Crippen MR) is 122 cm³/mol. The largest absolute Gasteiger partial charge is 0.495 e. The molecule has 0 aromatic heterocycles. The maximum absolute atomic E-state index is 12.9. The van der Waals surface area contributed by atoms with E-state index in [4.69, 9.17) is 4.74 Å². The average Bonchev–Trinajstić information content (AvgIpc) is 3.20. The lowest BCUT2D eigenvalue weighted by atomic mass is 9.78. The van der Waals surface area contributed by atoms with Gasteiger partial charge in [0.05, 0.1) is 12.8 Å². The van der Waals surface area contributed by atoms with E-state index in [1.807, 2.05) is 40.3 Å². The average molecular weight is 449 g/mol. The fraction of sp³-hybridized carbons (Fsp3) is 0.591. The molecule has 1 atom stereocenters. The molecule has 1 spiro atoms. The number of piperidine rings is 1. The summed E-state index contributed by atoms with van der Waals surface area (Å²) in [5, 5.41) is 5.62. The molecule has 0 aliphatic carbocycles. The van der Waals surface area contributed by atoms with Gasteiger partial charge < -0.3 is 25.2 Å². The topological polar surface area (TPSA) is 91.0 Å². The number of urea groups is 1. The highest BCUT2D eigenvalue weighted by atomic mass is 32.2. The van der Waals surface area contributed by atoms with E-state index in [1.165, 1.54) is 0 Å². The first-order valence-corrected chi connectivity index (χ1v) is 12.1. The minimum absolute atomic E-state index is 0.00868. The summed E-state index contributed by atoms with van der Waals surface area (Å²) in [5.41, 5.74) is 0.717. The van der Waals surface area contributed by atoms with Crippen molar-refractivity contribution >= 4 is 35.8 Å². The lowest BCUT2D eigenvalue weighted by Crippen LogP contribution is -2.48. The zero-order valence-corrected chi connectivity index (χ0v) is 19.1. The quantitative estimate of drug-likeness (QED) is 0.596. The molecule has 2 aliphatic rings. The van der Waals surface area contributed by atoms with Crippen molar-refractivity contribution in [3.8, 4) is 5.75 Å². The van der Waals surface area contributed by atoms with Gasteiger partial charge >= 0.3 is 6.03 Å². The van der Waals surface area contributed by atoms with Crippen molar-refractivity contribution in [3.63, 3.8) is 0 Å². The van der Waals surface area contributed by atoms with Crippen molar-refractivity contribution in [1.29, 1.82) is 0 Å². The van der Waals surface area contributed by atoms with Crippen LogP contribution in [0.25, 0.3) is 0 Å². The van der Waals surface area contributed by atoms with Crippen molar-refractivity contribution in [3.05, 3.63) is 24.3 Å². The zero-order valence-electron chi connectivity index (χ0n) is 18.3. The number of amides is 4. The summed E-state index contributed by atoms with van der Waals surface area (Å²) in [6.07, 6.45) is 5.92. The molecular formula is C22H32N4O4S. The van der Waals surface area contributed by atoms with Gasteiger partial charge in [0.15, 0.2) is 0 Å². The van der Waals surface area contributed by atoms with Crippen molar-refractivity contribution in [1.82, 2.24) is 15.1 Å². The highest BCUT2D eigenvalue weighted by Gasteiger charge is 2.43. The van der Waals surface area contributed by atoms with Crippen molar-refractivity contribution in [2.75, 3.05) is 50.6 Å². The predicted octanol–water partition coefficient (Wildman–Crippen LogP) is 2.41. The van der Waals surface area contributed by atoms with Crippen LogP contribution in [0.3, 0.4) is 0 Å². The van der Waals surface area contributed by atoms with Gasteiger partial charge in [0.2, 0.25) is 12.3 Å². The maximum Gasteiger partial charge on any atom is 0.321 e. The summed E-state index contributed by atoms with van der Waals surface area (Å²) in [4.78, 5) is 40.3. The molecule has 1 aromatic carbocycles. The first kappa shape index (κ1) is 23.2. The van der Waals surface area contributed by atoms with Gasteiger partial charge in [-0.05, 0) is 55.2 Å². The molecule has 2 N–H and O–H groups in total. The van der Waals surface area contributed by atoms with Gasteiger partial charge in [0.1, 0.15) is 11.8 Å². The Morgan fingerprint density at radius 2 is 1.87 bits per heavy atom. The molecule has 2 aliphatic heterocycles. The Hall–Kier alpha value is -2.42. The lowest BCUT2D eigenvalue weighted by Gasteiger charge is -2.39. The smallest absolute Gasteiger partial charge is 0.321 e. The van der Waals surface area contributed by atoms with E-state index < -0.39 is 6.04 Å². The molecule has 2 fully saturated rings. The van der Waals surface area contributed by atoms with Gasteiger partial charge in [0, 0.05) is 26.2 Å². The first-order chi connectivity index (χ1) is 15.0. The molecule has 2 saturated heterocycles. The van der Waals surface area contributed by atoms with Gasteiger partial charge in [-0.1, -0.05) is 12.1 Å². The first-order valence-electron chi connectivity index (χ1n) is 10.7. The molecule has 1 aromatic rings. The van der Waals surface area contributed by atoms with Crippen LogP contribution in [0.5, 0.6) is 5.75 Å². The molecule has 3 rings (SSSR count). The monoisotopic (exact) mass is 448 g/mol. The number of hydrogen-bond acceptors (Lipinski definition) is 5. The summed E-state index contributed by atoms with van der Waals surface area (Å²) in [7, 11) is 1.58. The number of likely N-dealkylation sites (tertiary alicyclic amines) is 2. The number of methoxy groups -OCH3 is 1. The van der Waals surface area contributed by atoms with Gasteiger partial charge in [0.25, 0.3) is 0 Å². The third-order valence-corrected chi connectivity index (χ3v) is 7.03. The highest BCUT2D eigenvalue weighted by Crippen LogP contribution is 2.40. The number of hydrogen-bond donors (Lipinski definition) is 2. The second kappa shape index (κ2) is 10.7. The molecular weight excluding hydrogens is 416 g/mol. The number of rotatable bonds is 8. The number of thioether (sulfide) groups is 1. The van der Waals surface area contributed by atoms with Crippen LogP contribution in [0.1, 0.15) is 25.7 Å². The van der Waals surface area contributed by atoms with E-state index >= 15 is 0 Å². The second-order valence-electron chi connectivity index (χ2n) is 8.25. The molecule has 0 bridgehead atoms. The van der Waals surface area contributed by atoms with Gasteiger partial charge in [-0.15, -0.1) is 0 Å². The van der Waals surface area contributed by atoms with Gasteiger partial charge in [-0.3, -0.25) is 9.59 Å². The van der Waals surface area contributed by atoms with Crippen LogP contribution < -0.4 is 15.4 Å². The highest BCUT2D eigenvalue weighted by molar-refractivity contribution is 7.98. The molecule has 9 heteroatoms. The Morgan fingerprint density at radius 3 is 2.52 bits per heavy atom. The molecule has 0 unspecified atom stereocenters. The van der Waals surface area contributed by atoms with Gasteiger partial charge in [-0.25, -0.2) is 4.79 Å². The SMILES string of the molecule is COc1ccccc1NC(=O)N1CCC2(CC1)CCN(C(=O)[C@H](CCSC)NC=O)C2. The normalized spacial score (nSPS) is 18.5. The molecule has 4 amide bonds. The van der Waals surface area contributed by atoms with E-state index in [1.54, 1.807) is 18.9 Å². The zero-order chi connectivity index (χ0) is 22.3. The summed E-state index contributed by atoms with van der Waals surface area (Å²) in [5.74, 6) is 1.47. The standard InChI is InChI=1S/C22H32N4O4S/c1-30-19-6-4-3-5-17(19)24-21(29)25-11-8-22(9-12-25)10-13-26(15-22)20(28)18(23-16-27)7-14-31-2/h3-6,16,18H,7-15H2,1-2H3,(H,23,27)(H,24,29)/t18-/m0/s1. The number of benzene rings is 1. The van der Waals surface area contributed by atoms with E-state index in [9.17, 15) is 14.4 Å². The third-order valence-electron chi connectivity index (χ3n) is 6.39. The number of nitrogens with zero attached hydrogens (tertiary/aromatic N) is 2. The Kier molecular flexibility index (Phi) is 8.06. The van der Waals surface area contributed by atoms with Crippen molar-refractivity contribution < 1.29 is 19.1 Å². The van der Waals surface area contributed by atoms with Crippen LogP contribution in [0.15, 0.2) is 24.3 Å². The minimum Gasteiger partial charge on any atom is -0.495 e. The van der Waals surface area contributed by atoms with Crippen molar-refractivity contribution in [2.45, 2.75) is 31.7 Å². The fourth-order valence-electron chi connectivity index (χ4n) is 4.47. The Labute approximate surface area is 188 Å². The van der Waals surface area contributed by atoms with E-state index in [2.05, 4.69) is 10.6 Å². The van der Waals surface area contributed by atoms with E-state index in [0.717, 1.165) is 25.0 Å². The molecule has 8 nitrogen and oxygen atoms in total. The number of carbonyl (C=O) groups is 3. The lowest BCUT2D eigenvalue weighted by molar-refractivity contribution is -0.134. The molecule has 31 heavy (non-hydrogen) atoms. The van der Waals surface area contributed by atoms with Crippen LogP contribution in [0.2, 0.25) is 0 Å². The number of nitrogens with one attached hydrogen (secondary N) is 2. The summed E-state index contributed by atoms with van der Waals surface area (Å²) >= 11 is 1.67. The summed E-state index contributed by atoms with van der Waals surface area (Å²) in [6.45, 7) is 2.73. The number of ether oxygens (including phenoxy) is 1. The second-order valence-corrected chi connectivity index (χ2v) is 9.23. The minimum atomic E-state index is -0.452. The van der Waals surface area contributed by atoms with Crippen molar-refractivity contribution in [2.24, 2.45) is 5.41 Å². The van der Waals surface area contributed by atoms with E-state index in [-0.39, 0.29) is 17.4 Å². The Morgan fingerprint density at radius 1 is 1.19 bits per heavy atom. The number of anilines is 1.